The second-order valence-electron chi connectivity index (χ2n) is 9.50. The number of carbonyl (C=O) groups is 3. The average molecular weight is 571 g/mol. The summed E-state index contributed by atoms with van der Waals surface area (Å²) in [6.45, 7) is 4.40. The molecule has 9 nitrogen and oxygen atoms in total. The number of aliphatic carboxylic acids is 2. The highest BCUT2D eigenvalue weighted by molar-refractivity contribution is 6.07. The molecular weight excluding hydrogens is 541 g/mol. The van der Waals surface area contributed by atoms with Crippen LogP contribution in [0.15, 0.2) is 73.2 Å². The molecule has 3 aromatic carbocycles. The number of amides is 1. The molecule has 41 heavy (non-hydrogen) atoms. The van der Waals surface area contributed by atoms with Gasteiger partial charge in [0.1, 0.15) is 6.04 Å². The number of nitrogens with one attached hydrogen (secondary N) is 3. The molecule has 1 atom stereocenters. The van der Waals surface area contributed by atoms with Crippen LogP contribution in [0.1, 0.15) is 36.3 Å². The fraction of sp³-hybridized carbons (Fsp3) is 0.241. The van der Waals surface area contributed by atoms with Crippen LogP contribution in [-0.4, -0.2) is 50.2 Å². The smallest absolute Gasteiger partial charge is 0.480 e. The number of aromatic amines is 1. The van der Waals surface area contributed by atoms with E-state index in [9.17, 15) is 27.9 Å². The highest BCUT2D eigenvalue weighted by Crippen LogP contribution is 2.33. The highest BCUT2D eigenvalue weighted by atomic mass is 19.4. The molecule has 0 fully saturated rings. The van der Waals surface area contributed by atoms with Crippen molar-refractivity contribution in [3.05, 3.63) is 84.4 Å². The number of nitrogens with zero attached hydrogens (tertiary/aromatic N) is 1. The predicted molar refractivity (Wildman–Crippen MR) is 147 cm³/mol. The van der Waals surface area contributed by atoms with Crippen molar-refractivity contribution in [1.82, 2.24) is 15.3 Å². The lowest BCUT2D eigenvalue weighted by atomic mass is 9.93. The zero-order chi connectivity index (χ0) is 30.2. The fourth-order valence-corrected chi connectivity index (χ4v) is 4.04. The highest BCUT2D eigenvalue weighted by Gasteiger charge is 2.38. The monoisotopic (exact) mass is 570 g/mol. The van der Waals surface area contributed by atoms with Gasteiger partial charge < -0.3 is 25.8 Å². The summed E-state index contributed by atoms with van der Waals surface area (Å²) in [6, 6.07) is 18.5. The van der Waals surface area contributed by atoms with Crippen LogP contribution in [0.3, 0.4) is 0 Å². The summed E-state index contributed by atoms with van der Waals surface area (Å²) >= 11 is 0. The zero-order valence-electron chi connectivity index (χ0n) is 22.2. The number of carboxylic acid groups (broad SMARTS) is 2. The van der Waals surface area contributed by atoms with Gasteiger partial charge in [0.2, 0.25) is 0 Å². The quantitative estimate of drug-likeness (QED) is 0.174. The molecule has 4 aromatic rings. The fourth-order valence-electron chi connectivity index (χ4n) is 4.04. The lowest BCUT2D eigenvalue weighted by Crippen LogP contribution is -2.41. The third-order valence-electron chi connectivity index (χ3n) is 5.93. The van der Waals surface area contributed by atoms with E-state index >= 15 is 0 Å². The van der Waals surface area contributed by atoms with Gasteiger partial charge in [-0.1, -0.05) is 56.3 Å². The maximum atomic E-state index is 13.3. The average Bonchev–Trinajstić information content (AvgIpc) is 3.44. The van der Waals surface area contributed by atoms with Gasteiger partial charge in [-0.15, -0.1) is 0 Å². The van der Waals surface area contributed by atoms with Crippen molar-refractivity contribution < 1.29 is 37.8 Å². The summed E-state index contributed by atoms with van der Waals surface area (Å²) in [6.07, 6.45) is -1.28. The molecule has 1 amide bonds. The molecule has 1 heterocycles. The second kappa shape index (κ2) is 13.5. The minimum atomic E-state index is -5.08. The topological polar surface area (TPSA) is 144 Å². The van der Waals surface area contributed by atoms with Gasteiger partial charge in [0.05, 0.1) is 18.6 Å². The van der Waals surface area contributed by atoms with Crippen molar-refractivity contribution >= 4 is 34.3 Å². The number of aromatic nitrogens is 2. The summed E-state index contributed by atoms with van der Waals surface area (Å²) in [5.41, 5.74) is 3.76. The number of carbonyl (C=O) groups excluding carboxylic acids is 1. The summed E-state index contributed by atoms with van der Waals surface area (Å²) in [5, 5.41) is 24.9. The van der Waals surface area contributed by atoms with E-state index in [-0.39, 0.29) is 5.92 Å². The number of hydrogen-bond donors (Lipinski definition) is 5. The zero-order valence-corrected chi connectivity index (χ0v) is 22.2. The number of rotatable bonds is 9. The summed E-state index contributed by atoms with van der Waals surface area (Å²) in [5.74, 6) is -4.07. The van der Waals surface area contributed by atoms with Crippen LogP contribution < -0.4 is 10.6 Å². The van der Waals surface area contributed by atoms with Crippen LogP contribution >= 0.6 is 0 Å². The summed E-state index contributed by atoms with van der Waals surface area (Å²) < 4.78 is 31.7. The Bertz CT molecular complexity index is 1500. The van der Waals surface area contributed by atoms with Gasteiger partial charge in [-0.2, -0.15) is 13.2 Å². The van der Waals surface area contributed by atoms with Crippen molar-refractivity contribution in [3.63, 3.8) is 0 Å². The molecule has 0 unspecified atom stereocenters. The Morgan fingerprint density at radius 2 is 1.66 bits per heavy atom. The van der Waals surface area contributed by atoms with E-state index in [4.69, 9.17) is 9.90 Å². The van der Waals surface area contributed by atoms with Crippen LogP contribution in [0.5, 0.6) is 0 Å². The minimum Gasteiger partial charge on any atom is -0.480 e. The second-order valence-corrected chi connectivity index (χ2v) is 9.50. The summed E-state index contributed by atoms with van der Waals surface area (Å²) in [4.78, 5) is 41.1. The molecule has 0 saturated heterocycles. The SMILES string of the molecule is CC(C)C[C@H](NC(=O)c1ccc(NCc2c[nH]cn2)cc1-c1cccc2ccccc12)C(=O)O.O=C(O)C(F)(F)F. The molecule has 5 N–H and O–H groups in total. The normalized spacial score (nSPS) is 11.9. The first-order valence-corrected chi connectivity index (χ1v) is 12.5. The molecule has 0 saturated carbocycles. The van der Waals surface area contributed by atoms with Gasteiger partial charge in [-0.3, -0.25) is 4.79 Å². The molecule has 0 aliphatic rings. The molecule has 0 spiro atoms. The molecule has 0 radical (unpaired) electrons. The Labute approximate surface area is 233 Å². The maximum Gasteiger partial charge on any atom is 0.490 e. The van der Waals surface area contributed by atoms with E-state index in [2.05, 4.69) is 20.6 Å². The molecule has 12 heteroatoms. The first-order chi connectivity index (χ1) is 19.4. The summed E-state index contributed by atoms with van der Waals surface area (Å²) in [7, 11) is 0. The number of H-pyrrole nitrogens is 1. The molecule has 4 rings (SSSR count). The molecule has 0 aliphatic heterocycles. The number of carboxylic acids is 2. The van der Waals surface area contributed by atoms with Crippen LogP contribution in [0.2, 0.25) is 0 Å². The standard InChI is InChI=1S/C27H28N4O3.C2HF3O2/c1-17(2)12-25(27(33)34)31-26(32)23-11-10-19(29-15-20-14-28-16-30-20)13-24(23)22-9-5-7-18-6-3-4-8-21(18)22;3-2(4,5)1(6)7/h3-11,13-14,16-17,25,29H,12,15H2,1-2H3,(H,28,30)(H,31,32)(H,33,34);(H,6,7)/t25-;/m0./s1. The third kappa shape index (κ3) is 8.56. The first-order valence-electron chi connectivity index (χ1n) is 12.5. The molecule has 0 aliphatic carbocycles. The molecule has 0 bridgehead atoms. The Kier molecular flexibility index (Phi) is 10.1. The van der Waals surface area contributed by atoms with E-state index in [1.54, 1.807) is 12.4 Å². The number of hydrogen-bond acceptors (Lipinski definition) is 5. The molecular formula is C29H29F3N4O5. The number of halogens is 3. The van der Waals surface area contributed by atoms with Crippen molar-refractivity contribution in [2.45, 2.75) is 39.0 Å². The van der Waals surface area contributed by atoms with Crippen LogP contribution in [0.25, 0.3) is 21.9 Å². The number of anilines is 1. The van der Waals surface area contributed by atoms with Crippen molar-refractivity contribution in [3.8, 4) is 11.1 Å². The number of alkyl halides is 3. The van der Waals surface area contributed by atoms with Crippen molar-refractivity contribution in [2.75, 3.05) is 5.32 Å². The van der Waals surface area contributed by atoms with E-state index in [0.29, 0.717) is 18.5 Å². The van der Waals surface area contributed by atoms with Gasteiger partial charge >= 0.3 is 18.1 Å². The Morgan fingerprint density at radius 3 is 2.27 bits per heavy atom. The number of imidazole rings is 1. The van der Waals surface area contributed by atoms with Gasteiger partial charge in [-0.25, -0.2) is 14.6 Å². The Hall–Kier alpha value is -4.87. The van der Waals surface area contributed by atoms with Gasteiger partial charge in [-0.05, 0) is 52.4 Å². The minimum absolute atomic E-state index is 0.132. The van der Waals surface area contributed by atoms with Gasteiger partial charge in [0, 0.05) is 17.4 Å². The van der Waals surface area contributed by atoms with Gasteiger partial charge in [0.25, 0.3) is 5.91 Å². The number of fused-ring (bicyclic) bond motifs is 1. The largest absolute Gasteiger partial charge is 0.490 e. The molecule has 216 valence electrons. The Balaban J connectivity index is 0.000000587. The Morgan fingerprint density at radius 1 is 0.976 bits per heavy atom. The van der Waals surface area contributed by atoms with E-state index < -0.39 is 30.1 Å². The predicted octanol–water partition coefficient (Wildman–Crippen LogP) is 5.70. The van der Waals surface area contributed by atoms with Crippen LogP contribution in [0.4, 0.5) is 18.9 Å². The third-order valence-corrected chi connectivity index (χ3v) is 5.93. The van der Waals surface area contributed by atoms with Crippen molar-refractivity contribution in [2.24, 2.45) is 5.92 Å². The first kappa shape index (κ1) is 30.7. The van der Waals surface area contributed by atoms with Crippen LogP contribution in [0, 0.1) is 5.92 Å². The lowest BCUT2D eigenvalue weighted by molar-refractivity contribution is -0.192. The van der Waals surface area contributed by atoms with E-state index in [1.807, 2.05) is 74.6 Å². The van der Waals surface area contributed by atoms with Gasteiger partial charge in [0.15, 0.2) is 0 Å². The van der Waals surface area contributed by atoms with E-state index in [1.165, 1.54) is 0 Å². The van der Waals surface area contributed by atoms with E-state index in [0.717, 1.165) is 33.3 Å². The van der Waals surface area contributed by atoms with Crippen molar-refractivity contribution in [1.29, 1.82) is 0 Å². The van der Waals surface area contributed by atoms with Crippen LogP contribution in [-0.2, 0) is 16.1 Å². The lowest BCUT2D eigenvalue weighted by Gasteiger charge is -2.19. The maximum absolute atomic E-state index is 13.3. The molecule has 1 aromatic heterocycles. The number of benzene rings is 3.